The van der Waals surface area contributed by atoms with E-state index in [-0.39, 0.29) is 12.4 Å². The van der Waals surface area contributed by atoms with E-state index in [1.54, 1.807) is 0 Å². The van der Waals surface area contributed by atoms with Crippen molar-refractivity contribution in [3.8, 4) is 0 Å². The second-order valence-corrected chi connectivity index (χ2v) is 5.74. The first-order chi connectivity index (χ1) is 8.90. The van der Waals surface area contributed by atoms with Gasteiger partial charge in [0.05, 0.1) is 19.5 Å². The third-order valence-electron chi connectivity index (χ3n) is 3.58. The average Bonchev–Trinajstić information content (AvgIpc) is 2.58. The van der Waals surface area contributed by atoms with E-state index in [2.05, 4.69) is 60.9 Å². The lowest BCUT2D eigenvalue weighted by Crippen LogP contribution is -3.00. The van der Waals surface area contributed by atoms with Crippen molar-refractivity contribution in [2.24, 2.45) is 0 Å². The van der Waals surface area contributed by atoms with Gasteiger partial charge in [-0.1, -0.05) is 42.5 Å². The van der Waals surface area contributed by atoms with Gasteiger partial charge >= 0.3 is 0 Å². The Hall–Kier alpha value is -0.960. The van der Waals surface area contributed by atoms with Gasteiger partial charge in [0.1, 0.15) is 0 Å². The van der Waals surface area contributed by atoms with Crippen molar-refractivity contribution in [3.05, 3.63) is 65.2 Å². The van der Waals surface area contributed by atoms with E-state index in [0.717, 1.165) is 12.3 Å². The SMILES string of the molecule is C[NH2+]CC1c2ccccc2CSc2ccccc21.[Cl-]. The van der Waals surface area contributed by atoms with E-state index in [1.807, 2.05) is 11.8 Å². The summed E-state index contributed by atoms with van der Waals surface area (Å²) in [7, 11) is 2.16. The Labute approximate surface area is 125 Å². The molecule has 0 aliphatic carbocycles. The predicted octanol–water partition coefficient (Wildman–Crippen LogP) is -0.379. The number of hydrogen-bond donors (Lipinski definition) is 1. The van der Waals surface area contributed by atoms with Gasteiger partial charge in [-0.25, -0.2) is 0 Å². The number of rotatable bonds is 2. The van der Waals surface area contributed by atoms with Crippen molar-refractivity contribution in [1.82, 2.24) is 0 Å². The van der Waals surface area contributed by atoms with Gasteiger partial charge < -0.3 is 17.7 Å². The lowest BCUT2D eigenvalue weighted by Gasteiger charge is -2.17. The van der Waals surface area contributed by atoms with Crippen LogP contribution in [-0.4, -0.2) is 13.6 Å². The summed E-state index contributed by atoms with van der Waals surface area (Å²) in [5.74, 6) is 1.62. The fourth-order valence-electron chi connectivity index (χ4n) is 2.72. The molecule has 0 saturated heterocycles. The summed E-state index contributed by atoms with van der Waals surface area (Å²) in [5.41, 5.74) is 4.49. The van der Waals surface area contributed by atoms with Crippen LogP contribution in [0.4, 0.5) is 0 Å². The summed E-state index contributed by atoms with van der Waals surface area (Å²) in [5, 5.41) is 2.29. The number of nitrogens with two attached hydrogens (primary N) is 1. The quantitative estimate of drug-likeness (QED) is 0.798. The highest BCUT2D eigenvalue weighted by Gasteiger charge is 2.24. The smallest absolute Gasteiger partial charge is 0.0864 e. The minimum Gasteiger partial charge on any atom is -1.00 e. The van der Waals surface area contributed by atoms with Crippen LogP contribution in [-0.2, 0) is 5.75 Å². The third kappa shape index (κ3) is 2.81. The van der Waals surface area contributed by atoms with Crippen LogP contribution in [0.15, 0.2) is 53.4 Å². The highest BCUT2D eigenvalue weighted by atomic mass is 35.5. The fourth-order valence-corrected chi connectivity index (χ4v) is 3.84. The molecule has 0 amide bonds. The molecule has 3 rings (SSSR count). The number of fused-ring (bicyclic) bond motifs is 2. The van der Waals surface area contributed by atoms with Gasteiger partial charge in [-0.15, -0.1) is 11.8 Å². The van der Waals surface area contributed by atoms with Crippen molar-refractivity contribution >= 4 is 11.8 Å². The Kier molecular flexibility index (Phi) is 4.92. The van der Waals surface area contributed by atoms with Crippen LogP contribution in [0.2, 0.25) is 0 Å². The molecule has 0 aromatic heterocycles. The molecule has 100 valence electrons. The van der Waals surface area contributed by atoms with Crippen molar-refractivity contribution in [3.63, 3.8) is 0 Å². The van der Waals surface area contributed by atoms with Gasteiger partial charge in [0.15, 0.2) is 0 Å². The molecule has 0 bridgehead atoms. The van der Waals surface area contributed by atoms with Crippen molar-refractivity contribution in [1.29, 1.82) is 0 Å². The molecular weight excluding hydrogens is 274 g/mol. The number of quaternary nitrogens is 1. The summed E-state index contributed by atoms with van der Waals surface area (Å²) in [6, 6.07) is 17.8. The Balaban J connectivity index is 0.00000133. The van der Waals surface area contributed by atoms with Crippen LogP contribution in [0, 0.1) is 0 Å². The first-order valence-corrected chi connectivity index (χ1v) is 7.46. The zero-order chi connectivity index (χ0) is 12.4. The van der Waals surface area contributed by atoms with Crippen LogP contribution in [0.1, 0.15) is 22.6 Å². The normalized spacial score (nSPS) is 16.8. The van der Waals surface area contributed by atoms with Crippen molar-refractivity contribution in [2.45, 2.75) is 16.6 Å². The summed E-state index contributed by atoms with van der Waals surface area (Å²) < 4.78 is 0. The van der Waals surface area contributed by atoms with E-state index < -0.39 is 0 Å². The lowest BCUT2D eigenvalue weighted by atomic mass is 9.88. The zero-order valence-corrected chi connectivity index (χ0v) is 12.5. The third-order valence-corrected chi connectivity index (χ3v) is 4.72. The van der Waals surface area contributed by atoms with Gasteiger partial charge in [0.25, 0.3) is 0 Å². The highest BCUT2D eigenvalue weighted by molar-refractivity contribution is 7.98. The van der Waals surface area contributed by atoms with Gasteiger partial charge in [0.2, 0.25) is 0 Å². The van der Waals surface area contributed by atoms with E-state index in [9.17, 15) is 0 Å². The molecule has 0 saturated carbocycles. The van der Waals surface area contributed by atoms with Gasteiger partial charge in [-0.05, 0) is 22.8 Å². The standard InChI is InChI=1S/C16H17NS.ClH/c1-17-10-15-13-7-3-2-6-12(13)11-18-16-9-5-4-8-14(15)16;/h2-9,15,17H,10-11H2,1H3;1H. The first kappa shape index (κ1) is 14.4. The summed E-state index contributed by atoms with van der Waals surface area (Å²) in [4.78, 5) is 1.44. The van der Waals surface area contributed by atoms with Crippen molar-refractivity contribution < 1.29 is 17.7 Å². The number of benzene rings is 2. The minimum atomic E-state index is 0. The molecule has 2 aromatic rings. The molecule has 2 N–H and O–H groups in total. The van der Waals surface area contributed by atoms with E-state index in [1.165, 1.54) is 21.6 Å². The molecule has 1 atom stereocenters. The molecular formula is C16H18ClNS. The maximum Gasteiger partial charge on any atom is 0.0864 e. The molecule has 19 heavy (non-hydrogen) atoms. The zero-order valence-electron chi connectivity index (χ0n) is 11.0. The summed E-state index contributed by atoms with van der Waals surface area (Å²) in [6.45, 7) is 1.12. The molecule has 0 spiro atoms. The maximum absolute atomic E-state index is 2.30. The Morgan fingerprint density at radius 1 is 1.05 bits per heavy atom. The van der Waals surface area contributed by atoms with Gasteiger partial charge in [-0.2, -0.15) is 0 Å². The number of thioether (sulfide) groups is 1. The molecule has 1 nitrogen and oxygen atoms in total. The number of halogens is 1. The summed E-state index contributed by atoms with van der Waals surface area (Å²) >= 11 is 1.97. The van der Waals surface area contributed by atoms with Crippen LogP contribution < -0.4 is 17.7 Å². The van der Waals surface area contributed by atoms with Crippen molar-refractivity contribution in [2.75, 3.05) is 13.6 Å². The van der Waals surface area contributed by atoms with Gasteiger partial charge in [0, 0.05) is 10.6 Å². The van der Waals surface area contributed by atoms with Crippen LogP contribution in [0.5, 0.6) is 0 Å². The van der Waals surface area contributed by atoms with E-state index in [4.69, 9.17) is 0 Å². The molecule has 0 radical (unpaired) electrons. The predicted molar refractivity (Wildman–Crippen MR) is 77.0 cm³/mol. The monoisotopic (exact) mass is 291 g/mol. The topological polar surface area (TPSA) is 16.6 Å². The largest absolute Gasteiger partial charge is 1.00 e. The minimum absolute atomic E-state index is 0. The molecule has 3 heteroatoms. The second-order valence-electron chi connectivity index (χ2n) is 4.72. The molecule has 2 aromatic carbocycles. The van der Waals surface area contributed by atoms with Crippen LogP contribution in [0.3, 0.4) is 0 Å². The molecule has 1 aliphatic heterocycles. The van der Waals surface area contributed by atoms with Crippen LogP contribution >= 0.6 is 11.8 Å². The van der Waals surface area contributed by atoms with Crippen LogP contribution in [0.25, 0.3) is 0 Å². The number of likely N-dealkylation sites (N-methyl/N-ethyl adjacent to an activating group) is 1. The highest BCUT2D eigenvalue weighted by Crippen LogP contribution is 2.39. The molecule has 1 heterocycles. The average molecular weight is 292 g/mol. The summed E-state index contributed by atoms with van der Waals surface area (Å²) in [6.07, 6.45) is 0. The molecule has 1 aliphatic rings. The Morgan fingerprint density at radius 2 is 1.74 bits per heavy atom. The Bertz CT molecular complexity index is 508. The number of hydrogen-bond acceptors (Lipinski definition) is 1. The Morgan fingerprint density at radius 3 is 2.53 bits per heavy atom. The maximum atomic E-state index is 2.30. The second kappa shape index (κ2) is 6.47. The first-order valence-electron chi connectivity index (χ1n) is 6.47. The van der Waals surface area contributed by atoms with Gasteiger partial charge in [-0.3, -0.25) is 0 Å². The van der Waals surface area contributed by atoms with E-state index >= 15 is 0 Å². The van der Waals surface area contributed by atoms with E-state index in [0.29, 0.717) is 5.92 Å². The molecule has 1 unspecified atom stereocenters. The lowest BCUT2D eigenvalue weighted by molar-refractivity contribution is -0.628. The fraction of sp³-hybridized carbons (Fsp3) is 0.250. The molecule has 0 fully saturated rings.